The molecule has 0 unspecified atom stereocenters. The molecule has 60 valence electrons. The summed E-state index contributed by atoms with van der Waals surface area (Å²) >= 11 is 0. The molecule has 0 aliphatic heterocycles. The second kappa shape index (κ2) is 8.43. The second-order valence-corrected chi connectivity index (χ2v) is 2.17. The van der Waals surface area contributed by atoms with Crippen LogP contribution in [0.3, 0.4) is 0 Å². The van der Waals surface area contributed by atoms with Crippen LogP contribution in [0.4, 0.5) is 0 Å². The molecule has 3 nitrogen and oxygen atoms in total. The summed E-state index contributed by atoms with van der Waals surface area (Å²) in [5.41, 5.74) is 5.28. The lowest BCUT2D eigenvalue weighted by Crippen LogP contribution is -1.98. The molecule has 0 rings (SSSR count). The highest BCUT2D eigenvalue weighted by atomic mass is 16.5. The van der Waals surface area contributed by atoms with Gasteiger partial charge < -0.3 is 10.5 Å². The predicted molar refractivity (Wildman–Crippen MR) is 39.5 cm³/mol. The van der Waals surface area contributed by atoms with Crippen LogP contribution in [-0.2, 0) is 9.53 Å². The van der Waals surface area contributed by atoms with Crippen LogP contribution in [-0.4, -0.2) is 19.6 Å². The van der Waals surface area contributed by atoms with Crippen molar-refractivity contribution in [1.29, 1.82) is 0 Å². The Kier molecular flexibility index (Phi) is 7.95. The van der Waals surface area contributed by atoms with Crippen molar-refractivity contribution in [3.63, 3.8) is 0 Å². The predicted octanol–water partition coefficient (Wildman–Crippen LogP) is 0.678. The summed E-state index contributed by atoms with van der Waals surface area (Å²) in [6.45, 7) is 1.80. The molecule has 0 heterocycles. The van der Waals surface area contributed by atoms with E-state index in [0.717, 1.165) is 32.2 Å². The molecule has 0 bridgehead atoms. The Labute approximate surface area is 61.5 Å². The van der Waals surface area contributed by atoms with Gasteiger partial charge in [-0.2, -0.15) is 0 Å². The second-order valence-electron chi connectivity index (χ2n) is 2.17. The monoisotopic (exact) mass is 145 g/mol. The van der Waals surface area contributed by atoms with Gasteiger partial charge in [0, 0.05) is 0 Å². The molecule has 0 radical (unpaired) electrons. The lowest BCUT2D eigenvalue weighted by atomic mass is 10.2. The standard InChI is InChI=1S/C7H15NO2/c8-5-3-1-2-4-6-10-7-9/h7H,1-6,8H2. The van der Waals surface area contributed by atoms with Crippen LogP contribution in [0.5, 0.6) is 0 Å². The zero-order valence-electron chi connectivity index (χ0n) is 6.21. The van der Waals surface area contributed by atoms with Crippen molar-refractivity contribution in [1.82, 2.24) is 0 Å². The van der Waals surface area contributed by atoms with E-state index >= 15 is 0 Å². The van der Waals surface area contributed by atoms with Crippen LogP contribution >= 0.6 is 0 Å². The number of carbonyl (C=O) groups is 1. The third kappa shape index (κ3) is 7.43. The van der Waals surface area contributed by atoms with Gasteiger partial charge >= 0.3 is 0 Å². The lowest BCUT2D eigenvalue weighted by molar-refractivity contribution is -0.128. The summed E-state index contributed by atoms with van der Waals surface area (Å²) in [7, 11) is 0. The Hall–Kier alpha value is -0.570. The summed E-state index contributed by atoms with van der Waals surface area (Å²) in [6, 6.07) is 0. The molecule has 0 fully saturated rings. The van der Waals surface area contributed by atoms with Gasteiger partial charge in [0.15, 0.2) is 0 Å². The van der Waals surface area contributed by atoms with Crippen LogP contribution in [0, 0.1) is 0 Å². The first-order valence-electron chi connectivity index (χ1n) is 3.67. The highest BCUT2D eigenvalue weighted by Crippen LogP contribution is 1.97. The number of unbranched alkanes of at least 4 members (excludes halogenated alkanes) is 3. The van der Waals surface area contributed by atoms with Gasteiger partial charge in [-0.3, -0.25) is 4.79 Å². The normalized spacial score (nSPS) is 9.30. The zero-order valence-corrected chi connectivity index (χ0v) is 6.21. The first-order chi connectivity index (χ1) is 4.91. The van der Waals surface area contributed by atoms with Crippen molar-refractivity contribution in [3.8, 4) is 0 Å². The van der Waals surface area contributed by atoms with Crippen molar-refractivity contribution in [2.24, 2.45) is 5.73 Å². The molecule has 10 heavy (non-hydrogen) atoms. The molecule has 3 heteroatoms. The number of hydrogen-bond donors (Lipinski definition) is 1. The van der Waals surface area contributed by atoms with Crippen molar-refractivity contribution in [2.75, 3.05) is 13.2 Å². The van der Waals surface area contributed by atoms with Crippen molar-refractivity contribution in [3.05, 3.63) is 0 Å². The minimum absolute atomic E-state index is 0.489. The lowest BCUT2D eigenvalue weighted by Gasteiger charge is -1.97. The number of nitrogens with two attached hydrogens (primary N) is 1. The van der Waals surface area contributed by atoms with Crippen molar-refractivity contribution < 1.29 is 9.53 Å². The van der Waals surface area contributed by atoms with E-state index in [4.69, 9.17) is 5.73 Å². The summed E-state index contributed by atoms with van der Waals surface area (Å²) in [5, 5.41) is 0. The number of hydrogen-bond acceptors (Lipinski definition) is 3. The molecule has 0 atom stereocenters. The largest absolute Gasteiger partial charge is 0.468 e. The maximum Gasteiger partial charge on any atom is 0.293 e. The number of rotatable bonds is 7. The van der Waals surface area contributed by atoms with Gasteiger partial charge in [0.05, 0.1) is 6.61 Å². The van der Waals surface area contributed by atoms with Crippen molar-refractivity contribution >= 4 is 6.47 Å². The van der Waals surface area contributed by atoms with E-state index in [2.05, 4.69) is 4.74 Å². The number of carbonyl (C=O) groups excluding carboxylic acids is 1. The molecular weight excluding hydrogens is 130 g/mol. The summed E-state index contributed by atoms with van der Waals surface area (Å²) in [5.74, 6) is 0. The molecule has 0 amide bonds. The van der Waals surface area contributed by atoms with E-state index in [1.165, 1.54) is 0 Å². The Balaban J connectivity index is 2.70. The van der Waals surface area contributed by atoms with Gasteiger partial charge in [-0.15, -0.1) is 0 Å². The quantitative estimate of drug-likeness (QED) is 0.423. The van der Waals surface area contributed by atoms with Crippen LogP contribution in [0.15, 0.2) is 0 Å². The zero-order chi connectivity index (χ0) is 7.66. The van der Waals surface area contributed by atoms with Crippen LogP contribution in [0.25, 0.3) is 0 Å². The molecule has 0 aromatic carbocycles. The molecule has 0 aliphatic carbocycles. The van der Waals surface area contributed by atoms with Gasteiger partial charge in [-0.05, 0) is 19.4 Å². The van der Waals surface area contributed by atoms with Gasteiger partial charge in [0.2, 0.25) is 0 Å². The smallest absolute Gasteiger partial charge is 0.293 e. The van der Waals surface area contributed by atoms with Gasteiger partial charge in [-0.25, -0.2) is 0 Å². The van der Waals surface area contributed by atoms with E-state index in [-0.39, 0.29) is 0 Å². The molecule has 0 aliphatic rings. The third-order valence-electron chi connectivity index (χ3n) is 1.28. The molecule has 0 spiro atoms. The third-order valence-corrected chi connectivity index (χ3v) is 1.28. The Bertz CT molecular complexity index is 76.0. The fourth-order valence-corrected chi connectivity index (χ4v) is 0.731. The summed E-state index contributed by atoms with van der Waals surface area (Å²) < 4.78 is 4.50. The van der Waals surface area contributed by atoms with Gasteiger partial charge in [0.1, 0.15) is 0 Å². The van der Waals surface area contributed by atoms with Gasteiger partial charge in [-0.1, -0.05) is 12.8 Å². The van der Waals surface area contributed by atoms with Crippen LogP contribution < -0.4 is 5.73 Å². The first kappa shape index (κ1) is 9.43. The molecule has 0 aromatic rings. The molecular formula is C7H15NO2. The molecule has 0 saturated heterocycles. The average molecular weight is 145 g/mol. The van der Waals surface area contributed by atoms with Gasteiger partial charge in [0.25, 0.3) is 6.47 Å². The van der Waals surface area contributed by atoms with Crippen molar-refractivity contribution in [2.45, 2.75) is 25.7 Å². The summed E-state index contributed by atoms with van der Waals surface area (Å²) in [6.07, 6.45) is 4.27. The topological polar surface area (TPSA) is 52.3 Å². The Morgan fingerprint density at radius 1 is 1.20 bits per heavy atom. The summed E-state index contributed by atoms with van der Waals surface area (Å²) in [4.78, 5) is 9.65. The molecule has 0 aromatic heterocycles. The minimum atomic E-state index is 0.489. The molecule has 0 saturated carbocycles. The maximum atomic E-state index is 9.65. The van der Waals surface area contributed by atoms with Crippen LogP contribution in [0.2, 0.25) is 0 Å². The Morgan fingerprint density at radius 3 is 2.50 bits per heavy atom. The van der Waals surface area contributed by atoms with E-state index in [9.17, 15) is 4.79 Å². The Morgan fingerprint density at radius 2 is 1.90 bits per heavy atom. The fraction of sp³-hybridized carbons (Fsp3) is 0.857. The highest BCUT2D eigenvalue weighted by Gasteiger charge is 1.87. The maximum absolute atomic E-state index is 9.65. The SMILES string of the molecule is NCCCCCCOC=O. The minimum Gasteiger partial charge on any atom is -0.468 e. The highest BCUT2D eigenvalue weighted by molar-refractivity contribution is 5.36. The fourth-order valence-electron chi connectivity index (χ4n) is 0.731. The molecule has 2 N–H and O–H groups in total. The van der Waals surface area contributed by atoms with E-state index in [1.807, 2.05) is 0 Å². The van der Waals surface area contributed by atoms with E-state index in [1.54, 1.807) is 0 Å². The average Bonchev–Trinajstić information content (AvgIpc) is 1.97. The van der Waals surface area contributed by atoms with Crippen LogP contribution in [0.1, 0.15) is 25.7 Å². The van der Waals surface area contributed by atoms with E-state index in [0.29, 0.717) is 13.1 Å². The number of ether oxygens (including phenoxy) is 1. The van der Waals surface area contributed by atoms with E-state index < -0.39 is 0 Å². The first-order valence-corrected chi connectivity index (χ1v) is 3.67.